The summed E-state index contributed by atoms with van der Waals surface area (Å²) in [5.41, 5.74) is 3.31. The van der Waals surface area contributed by atoms with Crippen LogP contribution < -0.4 is 16.8 Å². The first-order chi connectivity index (χ1) is 9.42. The first kappa shape index (κ1) is 14.5. The van der Waals surface area contributed by atoms with Gasteiger partial charge in [0.05, 0.1) is 6.54 Å². The number of hydrogen-bond donors (Lipinski definition) is 2. The fourth-order valence-electron chi connectivity index (χ4n) is 1.90. The number of rotatable bonds is 3. The number of nitrogens with one attached hydrogen (secondary N) is 1. The van der Waals surface area contributed by atoms with E-state index in [4.69, 9.17) is 10.3 Å². The molecule has 0 aromatic carbocycles. The lowest BCUT2D eigenvalue weighted by atomic mass is 10.2. The van der Waals surface area contributed by atoms with Crippen LogP contribution in [0.5, 0.6) is 0 Å². The Morgan fingerprint density at radius 3 is 2.80 bits per heavy atom. The molecule has 0 spiro atoms. The minimum Gasteiger partial charge on any atom is -0.456 e. The average molecular weight is 340 g/mol. The predicted octanol–water partition coefficient (Wildman–Crippen LogP) is 1.47. The number of halogens is 1. The SMILES string of the molecule is Cc1oc(C(=O)NN)cc1Cn1cc(Br)cc(C)c1=O. The van der Waals surface area contributed by atoms with Crippen LogP contribution in [0.1, 0.15) is 27.4 Å². The molecule has 1 amide bonds. The second-order valence-electron chi connectivity index (χ2n) is 4.44. The molecule has 3 N–H and O–H groups in total. The van der Waals surface area contributed by atoms with Crippen molar-refractivity contribution >= 4 is 21.8 Å². The second kappa shape index (κ2) is 5.64. The van der Waals surface area contributed by atoms with Crippen molar-refractivity contribution in [3.63, 3.8) is 0 Å². The van der Waals surface area contributed by atoms with E-state index in [9.17, 15) is 9.59 Å². The van der Waals surface area contributed by atoms with Gasteiger partial charge in [0.25, 0.3) is 5.56 Å². The molecular formula is C13H14BrN3O3. The van der Waals surface area contributed by atoms with E-state index < -0.39 is 5.91 Å². The molecular weight excluding hydrogens is 326 g/mol. The Labute approximate surface area is 123 Å². The second-order valence-corrected chi connectivity index (χ2v) is 5.36. The Morgan fingerprint density at radius 1 is 1.45 bits per heavy atom. The van der Waals surface area contributed by atoms with Gasteiger partial charge in [-0.2, -0.15) is 0 Å². The summed E-state index contributed by atoms with van der Waals surface area (Å²) in [5.74, 6) is 5.26. The molecule has 0 radical (unpaired) electrons. The van der Waals surface area contributed by atoms with Crippen LogP contribution in [0.15, 0.2) is 32.0 Å². The van der Waals surface area contributed by atoms with Crippen molar-refractivity contribution in [2.45, 2.75) is 20.4 Å². The van der Waals surface area contributed by atoms with Gasteiger partial charge in [-0.05, 0) is 41.9 Å². The number of hydrogen-bond acceptors (Lipinski definition) is 4. The normalized spacial score (nSPS) is 10.6. The maximum absolute atomic E-state index is 12.0. The van der Waals surface area contributed by atoms with Crippen molar-refractivity contribution in [3.8, 4) is 0 Å². The van der Waals surface area contributed by atoms with Crippen LogP contribution in [0.3, 0.4) is 0 Å². The van der Waals surface area contributed by atoms with Gasteiger partial charge in [0.1, 0.15) is 5.76 Å². The number of carbonyl (C=O) groups is 1. The summed E-state index contributed by atoms with van der Waals surface area (Å²) in [5, 5.41) is 0. The Bertz CT molecular complexity index is 718. The molecule has 2 rings (SSSR count). The minimum atomic E-state index is -0.503. The molecule has 0 atom stereocenters. The monoisotopic (exact) mass is 339 g/mol. The third kappa shape index (κ3) is 2.83. The summed E-state index contributed by atoms with van der Waals surface area (Å²) >= 11 is 3.35. The summed E-state index contributed by atoms with van der Waals surface area (Å²) in [7, 11) is 0. The minimum absolute atomic E-state index is 0.0846. The predicted molar refractivity (Wildman–Crippen MR) is 77.3 cm³/mol. The number of hydrazine groups is 1. The zero-order valence-corrected chi connectivity index (χ0v) is 12.7. The molecule has 0 unspecified atom stereocenters. The van der Waals surface area contributed by atoms with Crippen LogP contribution >= 0.6 is 15.9 Å². The first-order valence-electron chi connectivity index (χ1n) is 5.89. The maximum atomic E-state index is 12.0. The molecule has 0 fully saturated rings. The summed E-state index contributed by atoms with van der Waals surface area (Å²) in [6.45, 7) is 3.81. The van der Waals surface area contributed by atoms with Gasteiger partial charge in [-0.25, -0.2) is 5.84 Å². The van der Waals surface area contributed by atoms with Crippen molar-refractivity contribution in [3.05, 3.63) is 55.8 Å². The first-order valence-corrected chi connectivity index (χ1v) is 6.68. The summed E-state index contributed by atoms with van der Waals surface area (Å²) in [6, 6.07) is 3.34. The number of amides is 1. The molecule has 2 aromatic rings. The number of aromatic nitrogens is 1. The molecule has 106 valence electrons. The van der Waals surface area contributed by atoms with Crippen LogP contribution in [-0.4, -0.2) is 10.5 Å². The van der Waals surface area contributed by atoms with Crippen LogP contribution in [-0.2, 0) is 6.54 Å². The van der Waals surface area contributed by atoms with Crippen LogP contribution in [0.4, 0.5) is 0 Å². The highest BCUT2D eigenvalue weighted by Crippen LogP contribution is 2.16. The van der Waals surface area contributed by atoms with Gasteiger partial charge in [0.2, 0.25) is 0 Å². The third-order valence-electron chi connectivity index (χ3n) is 2.95. The summed E-state index contributed by atoms with van der Waals surface area (Å²) in [4.78, 5) is 23.4. The van der Waals surface area contributed by atoms with E-state index in [0.29, 0.717) is 17.9 Å². The topological polar surface area (TPSA) is 90.3 Å². The van der Waals surface area contributed by atoms with E-state index in [1.165, 1.54) is 0 Å². The molecule has 0 aliphatic carbocycles. The van der Waals surface area contributed by atoms with Gasteiger partial charge in [-0.3, -0.25) is 15.0 Å². The van der Waals surface area contributed by atoms with E-state index in [0.717, 1.165) is 10.0 Å². The van der Waals surface area contributed by atoms with Crippen molar-refractivity contribution in [2.24, 2.45) is 5.84 Å². The highest BCUT2D eigenvalue weighted by Gasteiger charge is 2.14. The van der Waals surface area contributed by atoms with Crippen molar-refractivity contribution < 1.29 is 9.21 Å². The Morgan fingerprint density at radius 2 is 2.15 bits per heavy atom. The van der Waals surface area contributed by atoms with E-state index in [2.05, 4.69) is 15.9 Å². The molecule has 0 aliphatic rings. The zero-order chi connectivity index (χ0) is 14.9. The number of nitrogens with zero attached hydrogens (tertiary/aromatic N) is 1. The molecule has 2 heterocycles. The van der Waals surface area contributed by atoms with Crippen molar-refractivity contribution in [1.29, 1.82) is 0 Å². The van der Waals surface area contributed by atoms with Crippen molar-refractivity contribution in [2.75, 3.05) is 0 Å². The van der Waals surface area contributed by atoms with E-state index in [1.807, 2.05) is 5.43 Å². The van der Waals surface area contributed by atoms with Crippen LogP contribution in [0.25, 0.3) is 0 Å². The maximum Gasteiger partial charge on any atom is 0.300 e. The molecule has 2 aromatic heterocycles. The average Bonchev–Trinajstić information content (AvgIpc) is 2.76. The Kier molecular flexibility index (Phi) is 4.10. The quantitative estimate of drug-likeness (QED) is 0.503. The fourth-order valence-corrected chi connectivity index (χ4v) is 2.49. The number of pyridine rings is 1. The summed E-state index contributed by atoms with van der Waals surface area (Å²) in [6.07, 6.45) is 1.70. The van der Waals surface area contributed by atoms with Gasteiger partial charge in [0, 0.05) is 21.8 Å². The van der Waals surface area contributed by atoms with Gasteiger partial charge >= 0.3 is 5.91 Å². The molecule has 0 bridgehead atoms. The number of nitrogens with two attached hydrogens (primary N) is 1. The summed E-state index contributed by atoms with van der Waals surface area (Å²) < 4.78 is 7.69. The lowest BCUT2D eigenvalue weighted by Gasteiger charge is -2.06. The number of furan rings is 1. The smallest absolute Gasteiger partial charge is 0.300 e. The Balaban J connectivity index is 2.38. The van der Waals surface area contributed by atoms with Crippen molar-refractivity contribution in [1.82, 2.24) is 9.99 Å². The van der Waals surface area contributed by atoms with Crippen LogP contribution in [0, 0.1) is 13.8 Å². The number of carbonyl (C=O) groups excluding carboxylic acids is 1. The zero-order valence-electron chi connectivity index (χ0n) is 11.1. The fraction of sp³-hybridized carbons (Fsp3) is 0.231. The van der Waals surface area contributed by atoms with Gasteiger partial charge < -0.3 is 8.98 Å². The highest BCUT2D eigenvalue weighted by atomic mass is 79.9. The number of aryl methyl sites for hydroxylation is 2. The standard InChI is InChI=1S/C13H14BrN3O3/c1-7-3-10(14)6-17(13(7)19)5-9-4-11(12(18)16-15)20-8(9)2/h3-4,6H,5,15H2,1-2H3,(H,16,18). The van der Waals surface area contributed by atoms with Gasteiger partial charge in [-0.1, -0.05) is 0 Å². The molecule has 7 heteroatoms. The lowest BCUT2D eigenvalue weighted by molar-refractivity contribution is 0.0924. The van der Waals surface area contributed by atoms with Gasteiger partial charge in [-0.15, -0.1) is 0 Å². The van der Waals surface area contributed by atoms with E-state index in [1.54, 1.807) is 36.7 Å². The third-order valence-corrected chi connectivity index (χ3v) is 3.38. The van der Waals surface area contributed by atoms with E-state index >= 15 is 0 Å². The van der Waals surface area contributed by atoms with Gasteiger partial charge in [0.15, 0.2) is 5.76 Å². The molecule has 0 aliphatic heterocycles. The van der Waals surface area contributed by atoms with Crippen LogP contribution in [0.2, 0.25) is 0 Å². The largest absolute Gasteiger partial charge is 0.456 e. The lowest BCUT2D eigenvalue weighted by Crippen LogP contribution is -2.29. The molecule has 20 heavy (non-hydrogen) atoms. The number of nitrogen functional groups attached to an aromatic ring is 1. The molecule has 0 saturated carbocycles. The Hall–Kier alpha value is -1.86. The molecule has 0 saturated heterocycles. The molecule has 6 nitrogen and oxygen atoms in total. The highest BCUT2D eigenvalue weighted by molar-refractivity contribution is 9.10. The van der Waals surface area contributed by atoms with E-state index in [-0.39, 0.29) is 11.3 Å².